The van der Waals surface area contributed by atoms with E-state index in [1.807, 2.05) is 12.1 Å². The molecule has 2 rings (SSSR count). The van der Waals surface area contributed by atoms with E-state index in [2.05, 4.69) is 6.92 Å². The Hall–Kier alpha value is -1.58. The van der Waals surface area contributed by atoms with Gasteiger partial charge in [0.15, 0.2) is 0 Å². The molecule has 0 aliphatic heterocycles. The normalized spacial score (nSPS) is 21.7. The van der Waals surface area contributed by atoms with Crippen LogP contribution in [0.5, 0.6) is 0 Å². The number of carbonyl (C=O) groups excluding carboxylic acids is 2. The number of hydrogen-bond donors (Lipinski definition) is 0. The van der Waals surface area contributed by atoms with Crippen molar-refractivity contribution < 1.29 is 14.0 Å². The van der Waals surface area contributed by atoms with Gasteiger partial charge in [0.1, 0.15) is 17.3 Å². The minimum Gasteiger partial charge on any atom is -0.464 e. The number of furan rings is 1. The maximum Gasteiger partial charge on any atom is 0.230 e. The van der Waals surface area contributed by atoms with Crippen molar-refractivity contribution in [2.45, 2.75) is 39.2 Å². The van der Waals surface area contributed by atoms with Crippen LogP contribution in [0.1, 0.15) is 44.1 Å². The Morgan fingerprint density at radius 1 is 1.44 bits per heavy atom. The summed E-state index contributed by atoms with van der Waals surface area (Å²) < 4.78 is 5.72. The highest BCUT2D eigenvalue weighted by molar-refractivity contribution is 5.96. The first-order valence-electron chi connectivity index (χ1n) is 6.29. The average Bonchev–Trinajstić information content (AvgIpc) is 2.83. The summed E-state index contributed by atoms with van der Waals surface area (Å²) in [6, 6.07) is 3.91. The van der Waals surface area contributed by atoms with Gasteiger partial charge >= 0.3 is 0 Å². The van der Waals surface area contributed by atoms with Crippen molar-refractivity contribution in [3.8, 4) is 0 Å². The summed E-state index contributed by atoms with van der Waals surface area (Å²) in [6.07, 6.45) is 1.15. The topological polar surface area (TPSA) is 50.5 Å². The van der Waals surface area contributed by atoms with Crippen LogP contribution in [0.15, 0.2) is 16.5 Å². The van der Waals surface area contributed by atoms with E-state index in [-0.39, 0.29) is 18.1 Å². The van der Waals surface area contributed by atoms with Crippen molar-refractivity contribution >= 4 is 11.7 Å². The van der Waals surface area contributed by atoms with E-state index in [4.69, 9.17) is 4.42 Å². The molecule has 0 saturated heterocycles. The van der Waals surface area contributed by atoms with Crippen LogP contribution in [0, 0.1) is 5.92 Å². The molecule has 0 radical (unpaired) electrons. The van der Waals surface area contributed by atoms with E-state index < -0.39 is 0 Å². The first kappa shape index (κ1) is 12.9. The van der Waals surface area contributed by atoms with Crippen molar-refractivity contribution in [2.75, 3.05) is 7.05 Å². The molecule has 0 aromatic carbocycles. The molecule has 98 valence electrons. The summed E-state index contributed by atoms with van der Waals surface area (Å²) in [6.45, 7) is 4.05. The van der Waals surface area contributed by atoms with Gasteiger partial charge in [-0.25, -0.2) is 0 Å². The van der Waals surface area contributed by atoms with Gasteiger partial charge in [-0.2, -0.15) is 0 Å². The maximum absolute atomic E-state index is 11.6. The summed E-state index contributed by atoms with van der Waals surface area (Å²) in [5.74, 6) is 2.78. The molecular formula is C14H19NO3. The molecule has 4 heteroatoms. The van der Waals surface area contributed by atoms with E-state index >= 15 is 0 Å². The van der Waals surface area contributed by atoms with Crippen molar-refractivity contribution in [1.29, 1.82) is 0 Å². The van der Waals surface area contributed by atoms with Gasteiger partial charge in [0.2, 0.25) is 5.91 Å². The molecular weight excluding hydrogens is 230 g/mol. The molecule has 2 atom stereocenters. The predicted octanol–water partition coefficient (Wildman–Crippen LogP) is 2.34. The molecule has 1 saturated carbocycles. The third kappa shape index (κ3) is 3.00. The molecule has 1 amide bonds. The summed E-state index contributed by atoms with van der Waals surface area (Å²) in [7, 11) is 1.69. The van der Waals surface area contributed by atoms with Crippen LogP contribution in [-0.4, -0.2) is 23.6 Å². The third-order valence-electron chi connectivity index (χ3n) is 3.38. The summed E-state index contributed by atoms with van der Waals surface area (Å²) in [4.78, 5) is 24.0. The molecule has 2 unspecified atom stereocenters. The van der Waals surface area contributed by atoms with Gasteiger partial charge in [0, 0.05) is 13.0 Å². The Bertz CT molecular complexity index is 463. The first-order valence-corrected chi connectivity index (χ1v) is 6.29. The number of ketones is 1. The zero-order valence-corrected chi connectivity index (χ0v) is 11.1. The molecule has 0 bridgehead atoms. The van der Waals surface area contributed by atoms with Gasteiger partial charge in [-0.3, -0.25) is 9.59 Å². The fraction of sp³-hybridized carbons (Fsp3) is 0.571. The lowest BCUT2D eigenvalue weighted by Crippen LogP contribution is -2.27. The van der Waals surface area contributed by atoms with Crippen LogP contribution in [0.2, 0.25) is 0 Å². The minimum absolute atomic E-state index is 0.0380. The Morgan fingerprint density at radius 2 is 2.11 bits per heavy atom. The Morgan fingerprint density at radius 3 is 2.67 bits per heavy atom. The molecule has 1 aliphatic carbocycles. The van der Waals surface area contributed by atoms with E-state index in [1.165, 1.54) is 18.2 Å². The second kappa shape index (κ2) is 4.96. The molecule has 0 N–H and O–H groups in total. The van der Waals surface area contributed by atoms with Crippen molar-refractivity contribution in [1.82, 2.24) is 4.90 Å². The molecule has 1 aromatic heterocycles. The molecule has 1 aliphatic rings. The molecule has 1 aromatic rings. The lowest BCUT2D eigenvalue weighted by atomic mass is 10.2. The second-order valence-electron chi connectivity index (χ2n) is 5.25. The smallest absolute Gasteiger partial charge is 0.230 e. The zero-order valence-electron chi connectivity index (χ0n) is 11.1. The lowest BCUT2D eigenvalue weighted by molar-refractivity contribution is -0.134. The SMILES string of the molecule is CC(=O)CC(=O)N(C)Cc1ccc(C2CC2C)o1. The van der Waals surface area contributed by atoms with Gasteiger partial charge in [-0.1, -0.05) is 6.92 Å². The highest BCUT2D eigenvalue weighted by Gasteiger charge is 2.36. The Balaban J connectivity index is 1.90. The average molecular weight is 249 g/mol. The van der Waals surface area contributed by atoms with Gasteiger partial charge < -0.3 is 9.32 Å². The van der Waals surface area contributed by atoms with Gasteiger partial charge in [-0.05, 0) is 31.4 Å². The number of Topliss-reactive ketones (excluding diaryl/α,β-unsaturated/α-hetero) is 1. The number of amides is 1. The van der Waals surface area contributed by atoms with Crippen LogP contribution in [-0.2, 0) is 16.1 Å². The van der Waals surface area contributed by atoms with Crippen molar-refractivity contribution in [3.05, 3.63) is 23.7 Å². The highest BCUT2D eigenvalue weighted by atomic mass is 16.3. The van der Waals surface area contributed by atoms with Crippen LogP contribution in [0.4, 0.5) is 0 Å². The number of carbonyl (C=O) groups is 2. The van der Waals surface area contributed by atoms with E-state index in [1.54, 1.807) is 7.05 Å². The largest absolute Gasteiger partial charge is 0.464 e. The van der Waals surface area contributed by atoms with Crippen LogP contribution in [0.3, 0.4) is 0 Å². The Labute approximate surface area is 107 Å². The third-order valence-corrected chi connectivity index (χ3v) is 3.38. The summed E-state index contributed by atoms with van der Waals surface area (Å²) in [5.41, 5.74) is 0. The van der Waals surface area contributed by atoms with Crippen LogP contribution >= 0.6 is 0 Å². The summed E-state index contributed by atoms with van der Waals surface area (Å²) in [5, 5.41) is 0. The number of nitrogens with zero attached hydrogens (tertiary/aromatic N) is 1. The fourth-order valence-corrected chi connectivity index (χ4v) is 2.07. The number of hydrogen-bond acceptors (Lipinski definition) is 3. The van der Waals surface area contributed by atoms with E-state index in [0.29, 0.717) is 18.4 Å². The van der Waals surface area contributed by atoms with Gasteiger partial charge in [-0.15, -0.1) is 0 Å². The lowest BCUT2D eigenvalue weighted by Gasteiger charge is -2.14. The van der Waals surface area contributed by atoms with E-state index in [0.717, 1.165) is 11.5 Å². The van der Waals surface area contributed by atoms with E-state index in [9.17, 15) is 9.59 Å². The fourth-order valence-electron chi connectivity index (χ4n) is 2.07. The maximum atomic E-state index is 11.6. The van der Waals surface area contributed by atoms with Crippen LogP contribution < -0.4 is 0 Å². The summed E-state index contributed by atoms with van der Waals surface area (Å²) >= 11 is 0. The van der Waals surface area contributed by atoms with Gasteiger partial charge in [0.25, 0.3) is 0 Å². The molecule has 18 heavy (non-hydrogen) atoms. The Kier molecular flexibility index (Phi) is 3.55. The molecule has 1 heterocycles. The molecule has 0 spiro atoms. The van der Waals surface area contributed by atoms with Crippen LogP contribution in [0.25, 0.3) is 0 Å². The quantitative estimate of drug-likeness (QED) is 0.753. The van der Waals surface area contributed by atoms with Crippen molar-refractivity contribution in [3.63, 3.8) is 0 Å². The molecule has 4 nitrogen and oxygen atoms in total. The standard InChI is InChI=1S/C14H19NO3/c1-9-6-12(9)13-5-4-11(18-13)8-15(3)14(17)7-10(2)16/h4-5,9,12H,6-8H2,1-3H3. The minimum atomic E-state index is -0.166. The second-order valence-corrected chi connectivity index (χ2v) is 5.25. The molecule has 1 fully saturated rings. The van der Waals surface area contributed by atoms with Crippen molar-refractivity contribution in [2.24, 2.45) is 5.92 Å². The monoisotopic (exact) mass is 249 g/mol. The highest BCUT2D eigenvalue weighted by Crippen LogP contribution is 2.47. The van der Waals surface area contributed by atoms with Gasteiger partial charge in [0.05, 0.1) is 13.0 Å². The number of rotatable bonds is 5. The zero-order chi connectivity index (χ0) is 13.3. The first-order chi connectivity index (χ1) is 8.47. The predicted molar refractivity (Wildman–Crippen MR) is 67.0 cm³/mol.